The Morgan fingerprint density at radius 1 is 1.03 bits per heavy atom. The lowest BCUT2D eigenvalue weighted by Gasteiger charge is -2.37. The van der Waals surface area contributed by atoms with Crippen molar-refractivity contribution >= 4 is 26.4 Å². The molecule has 1 aliphatic rings. The number of nitrogens with zero attached hydrogens (tertiary/aromatic N) is 2. The van der Waals surface area contributed by atoms with Gasteiger partial charge in [-0.15, -0.1) is 0 Å². The minimum absolute atomic E-state index is 0.0852. The highest BCUT2D eigenvalue weighted by Crippen LogP contribution is 2.32. The molecule has 1 aromatic heterocycles. The number of anilines is 1. The molecule has 33 heavy (non-hydrogen) atoms. The van der Waals surface area contributed by atoms with Crippen LogP contribution in [0.4, 0.5) is 10.1 Å². The van der Waals surface area contributed by atoms with Crippen LogP contribution in [-0.4, -0.2) is 26.1 Å². The minimum atomic E-state index is -4.07. The molecule has 5 nitrogen and oxygen atoms in total. The number of aromatic nitrogens is 1. The molecule has 2 heterocycles. The molecule has 0 saturated carbocycles. The van der Waals surface area contributed by atoms with Gasteiger partial charge in [0.2, 0.25) is 15.3 Å². The first kappa shape index (κ1) is 23.5. The second-order valence-electron chi connectivity index (χ2n) is 9.55. The molecule has 0 amide bonds. The van der Waals surface area contributed by atoms with Crippen molar-refractivity contribution in [2.75, 3.05) is 18.0 Å². The average molecular weight is 471 g/mol. The number of halogens is 1. The number of hydrogen-bond acceptors (Lipinski definition) is 4. The first-order valence-electron chi connectivity index (χ1n) is 11.5. The summed E-state index contributed by atoms with van der Waals surface area (Å²) in [6.07, 6.45) is 2.51. The first-order valence-corrected chi connectivity index (χ1v) is 12.9. The SMILES string of the molecule is CCn1cc(S(=O)(=O)c2ccc(C)cc2C)c(=O)c2cc(F)c(N3C[C@H](C)C[C@@H](C)C3)cc21. The van der Waals surface area contributed by atoms with Gasteiger partial charge in [0.15, 0.2) is 0 Å². The Labute approximate surface area is 194 Å². The van der Waals surface area contributed by atoms with E-state index in [-0.39, 0.29) is 15.2 Å². The Hall–Kier alpha value is -2.67. The summed E-state index contributed by atoms with van der Waals surface area (Å²) in [5.74, 6) is 0.398. The third-order valence-corrected chi connectivity index (χ3v) is 8.48. The molecule has 1 aliphatic heterocycles. The van der Waals surface area contributed by atoms with E-state index in [9.17, 15) is 13.2 Å². The molecule has 176 valence electrons. The van der Waals surface area contributed by atoms with Crippen LogP contribution in [0.1, 0.15) is 38.3 Å². The number of benzene rings is 2. The van der Waals surface area contributed by atoms with E-state index < -0.39 is 21.1 Å². The normalized spacial score (nSPS) is 19.3. The molecule has 0 aliphatic carbocycles. The van der Waals surface area contributed by atoms with Crippen LogP contribution in [0.2, 0.25) is 0 Å². The second kappa shape index (κ2) is 8.60. The van der Waals surface area contributed by atoms with Gasteiger partial charge in [0, 0.05) is 25.8 Å². The van der Waals surface area contributed by atoms with Gasteiger partial charge in [-0.1, -0.05) is 31.5 Å². The number of sulfone groups is 1. The fraction of sp³-hybridized carbons (Fsp3) is 0.423. The topological polar surface area (TPSA) is 59.4 Å². The summed E-state index contributed by atoms with van der Waals surface area (Å²) in [5, 5.41) is 0.0852. The zero-order valence-corrected chi connectivity index (χ0v) is 20.7. The van der Waals surface area contributed by atoms with Crippen molar-refractivity contribution in [2.45, 2.75) is 57.4 Å². The van der Waals surface area contributed by atoms with E-state index in [2.05, 4.69) is 13.8 Å². The van der Waals surface area contributed by atoms with Gasteiger partial charge in [0.25, 0.3) is 0 Å². The molecule has 0 unspecified atom stereocenters. The summed E-state index contributed by atoms with van der Waals surface area (Å²) in [4.78, 5) is 15.2. The molecule has 0 N–H and O–H groups in total. The van der Waals surface area contributed by atoms with Crippen molar-refractivity contribution in [3.05, 3.63) is 63.7 Å². The average Bonchev–Trinajstić information content (AvgIpc) is 2.72. The van der Waals surface area contributed by atoms with E-state index in [1.165, 1.54) is 18.3 Å². The van der Waals surface area contributed by atoms with E-state index in [1.54, 1.807) is 29.7 Å². The summed E-state index contributed by atoms with van der Waals surface area (Å²) in [5.41, 5.74) is 1.86. The number of hydrogen-bond donors (Lipinski definition) is 0. The van der Waals surface area contributed by atoms with E-state index in [0.29, 0.717) is 35.1 Å². The molecular weight excluding hydrogens is 439 g/mol. The highest BCUT2D eigenvalue weighted by molar-refractivity contribution is 7.91. The van der Waals surface area contributed by atoms with Crippen LogP contribution in [0.3, 0.4) is 0 Å². The second-order valence-corrected chi connectivity index (χ2v) is 11.4. The molecule has 4 rings (SSSR count). The predicted octanol–water partition coefficient (Wildman–Crippen LogP) is 5.09. The maximum absolute atomic E-state index is 15.3. The molecule has 2 atom stereocenters. The largest absolute Gasteiger partial charge is 0.369 e. The third-order valence-electron chi connectivity index (χ3n) is 6.58. The van der Waals surface area contributed by atoms with Crippen LogP contribution in [0, 0.1) is 31.5 Å². The van der Waals surface area contributed by atoms with Gasteiger partial charge in [-0.05, 0) is 62.8 Å². The van der Waals surface area contributed by atoms with Crippen LogP contribution in [0.5, 0.6) is 0 Å². The number of aryl methyl sites for hydroxylation is 3. The Balaban J connectivity index is 1.92. The molecule has 0 bridgehead atoms. The maximum atomic E-state index is 15.3. The summed E-state index contributed by atoms with van der Waals surface area (Å²) >= 11 is 0. The summed E-state index contributed by atoms with van der Waals surface area (Å²) < 4.78 is 43.9. The molecule has 0 spiro atoms. The van der Waals surface area contributed by atoms with Crippen LogP contribution >= 0.6 is 0 Å². The zero-order valence-electron chi connectivity index (χ0n) is 19.9. The van der Waals surface area contributed by atoms with Crippen LogP contribution < -0.4 is 10.3 Å². The first-order chi connectivity index (χ1) is 15.5. The molecule has 7 heteroatoms. The fourth-order valence-corrected chi connectivity index (χ4v) is 6.73. The van der Waals surface area contributed by atoms with Crippen molar-refractivity contribution in [1.29, 1.82) is 0 Å². The van der Waals surface area contributed by atoms with E-state index in [1.807, 2.05) is 18.7 Å². The molecule has 1 saturated heterocycles. The van der Waals surface area contributed by atoms with Gasteiger partial charge in [-0.3, -0.25) is 4.79 Å². The highest BCUT2D eigenvalue weighted by Gasteiger charge is 2.28. The zero-order chi connectivity index (χ0) is 24.1. The van der Waals surface area contributed by atoms with E-state index >= 15 is 4.39 Å². The number of pyridine rings is 1. The lowest BCUT2D eigenvalue weighted by Crippen LogP contribution is -2.39. The van der Waals surface area contributed by atoms with Crippen molar-refractivity contribution in [1.82, 2.24) is 4.57 Å². The number of piperidine rings is 1. The fourth-order valence-electron chi connectivity index (χ4n) is 5.15. The standard InChI is InChI=1S/C26H31FN2O3S/c1-6-28-15-25(33(31,32)24-8-7-16(2)10-19(24)5)26(30)20-11-21(27)23(12-22(20)28)29-13-17(3)9-18(4)14-29/h7-8,10-12,15,17-18H,6,9,13-14H2,1-5H3/t17-,18-/m1/s1. The van der Waals surface area contributed by atoms with E-state index in [0.717, 1.165) is 25.1 Å². The Bertz CT molecular complexity index is 1380. The predicted molar refractivity (Wildman–Crippen MR) is 130 cm³/mol. The summed E-state index contributed by atoms with van der Waals surface area (Å²) in [6, 6.07) is 7.94. The van der Waals surface area contributed by atoms with Crippen LogP contribution in [0.15, 0.2) is 51.1 Å². The van der Waals surface area contributed by atoms with Crippen molar-refractivity contribution in [3.63, 3.8) is 0 Å². The Kier molecular flexibility index (Phi) is 6.12. The molecule has 0 radical (unpaired) electrons. The number of rotatable bonds is 4. The lowest BCUT2D eigenvalue weighted by atomic mass is 9.91. The minimum Gasteiger partial charge on any atom is -0.369 e. The maximum Gasteiger partial charge on any atom is 0.212 e. The quantitative estimate of drug-likeness (QED) is 0.533. The third kappa shape index (κ3) is 4.19. The van der Waals surface area contributed by atoms with Gasteiger partial charge >= 0.3 is 0 Å². The molecular formula is C26H31FN2O3S. The van der Waals surface area contributed by atoms with Gasteiger partial charge in [-0.2, -0.15) is 0 Å². The van der Waals surface area contributed by atoms with Crippen LogP contribution in [-0.2, 0) is 16.4 Å². The smallest absolute Gasteiger partial charge is 0.212 e. The highest BCUT2D eigenvalue weighted by atomic mass is 32.2. The monoisotopic (exact) mass is 470 g/mol. The van der Waals surface area contributed by atoms with Gasteiger partial charge in [-0.25, -0.2) is 12.8 Å². The number of fused-ring (bicyclic) bond motifs is 1. The van der Waals surface area contributed by atoms with Crippen molar-refractivity contribution < 1.29 is 12.8 Å². The lowest BCUT2D eigenvalue weighted by molar-refractivity contribution is 0.354. The van der Waals surface area contributed by atoms with Crippen molar-refractivity contribution in [3.8, 4) is 0 Å². The van der Waals surface area contributed by atoms with Gasteiger partial charge < -0.3 is 9.47 Å². The van der Waals surface area contributed by atoms with Crippen molar-refractivity contribution in [2.24, 2.45) is 11.8 Å². The van der Waals surface area contributed by atoms with Gasteiger partial charge in [0.05, 0.1) is 21.5 Å². The Morgan fingerprint density at radius 2 is 1.70 bits per heavy atom. The molecule has 2 aromatic carbocycles. The molecule has 1 fully saturated rings. The van der Waals surface area contributed by atoms with Crippen LogP contribution in [0.25, 0.3) is 10.9 Å². The summed E-state index contributed by atoms with van der Waals surface area (Å²) in [6.45, 7) is 11.8. The van der Waals surface area contributed by atoms with Gasteiger partial charge in [0.1, 0.15) is 10.7 Å². The summed E-state index contributed by atoms with van der Waals surface area (Å²) in [7, 11) is -4.07. The molecule has 3 aromatic rings. The Morgan fingerprint density at radius 3 is 2.30 bits per heavy atom. The van der Waals surface area contributed by atoms with E-state index in [4.69, 9.17) is 0 Å².